The monoisotopic (exact) mass is 325 g/mol. The van der Waals surface area contributed by atoms with Crippen molar-refractivity contribution in [3.63, 3.8) is 0 Å². The van der Waals surface area contributed by atoms with Crippen LogP contribution in [0.4, 0.5) is 5.69 Å². The minimum absolute atomic E-state index is 0.0424. The van der Waals surface area contributed by atoms with Crippen LogP contribution in [-0.2, 0) is 14.8 Å². The Morgan fingerprint density at radius 1 is 1.32 bits per heavy atom. The molecule has 6 nitrogen and oxygen atoms in total. The van der Waals surface area contributed by atoms with Crippen molar-refractivity contribution in [1.82, 2.24) is 4.72 Å². The Morgan fingerprint density at radius 3 is 2.50 bits per heavy atom. The standard InChI is InChI=1S/C15H23N3O3S/c1-9-4-5-13(17-15(19)10(2)11(3)16)8-14(9)22(20,21)18-12-6-7-12/h4-5,8,10-12,18H,6-7,16H2,1-3H3,(H,17,19). The van der Waals surface area contributed by atoms with Gasteiger partial charge in [0.15, 0.2) is 0 Å². The molecule has 0 radical (unpaired) electrons. The lowest BCUT2D eigenvalue weighted by molar-refractivity contribution is -0.119. The van der Waals surface area contributed by atoms with Crippen LogP contribution in [-0.4, -0.2) is 26.4 Å². The van der Waals surface area contributed by atoms with Crippen LogP contribution in [0.5, 0.6) is 0 Å². The molecule has 2 unspecified atom stereocenters. The third kappa shape index (κ3) is 4.06. The lowest BCUT2D eigenvalue weighted by atomic mass is 10.0. The van der Waals surface area contributed by atoms with E-state index in [9.17, 15) is 13.2 Å². The molecule has 4 N–H and O–H groups in total. The van der Waals surface area contributed by atoms with E-state index in [0.717, 1.165) is 12.8 Å². The van der Waals surface area contributed by atoms with Gasteiger partial charge in [-0.25, -0.2) is 13.1 Å². The number of rotatable bonds is 6. The van der Waals surface area contributed by atoms with E-state index < -0.39 is 10.0 Å². The molecule has 2 atom stereocenters. The molecule has 1 aliphatic carbocycles. The van der Waals surface area contributed by atoms with Crippen molar-refractivity contribution in [3.8, 4) is 0 Å². The van der Waals surface area contributed by atoms with Gasteiger partial charge in [0, 0.05) is 17.8 Å². The number of nitrogens with two attached hydrogens (primary N) is 1. The van der Waals surface area contributed by atoms with Crippen molar-refractivity contribution in [3.05, 3.63) is 23.8 Å². The maximum absolute atomic E-state index is 12.3. The average Bonchev–Trinajstić information content (AvgIpc) is 3.22. The van der Waals surface area contributed by atoms with Gasteiger partial charge < -0.3 is 11.1 Å². The van der Waals surface area contributed by atoms with Gasteiger partial charge in [0.1, 0.15) is 0 Å². The zero-order valence-corrected chi connectivity index (χ0v) is 13.9. The summed E-state index contributed by atoms with van der Waals surface area (Å²) < 4.78 is 27.3. The highest BCUT2D eigenvalue weighted by molar-refractivity contribution is 7.89. The van der Waals surface area contributed by atoms with E-state index in [1.165, 1.54) is 6.07 Å². The SMILES string of the molecule is Cc1ccc(NC(=O)C(C)C(C)N)cc1S(=O)(=O)NC1CC1. The predicted molar refractivity (Wildman–Crippen MR) is 86.0 cm³/mol. The molecule has 0 aliphatic heterocycles. The second kappa shape index (κ2) is 6.36. The average molecular weight is 325 g/mol. The number of carbonyl (C=O) groups is 1. The van der Waals surface area contributed by atoms with E-state index in [1.807, 2.05) is 0 Å². The Morgan fingerprint density at radius 2 is 1.95 bits per heavy atom. The topological polar surface area (TPSA) is 101 Å². The minimum Gasteiger partial charge on any atom is -0.327 e. The van der Waals surface area contributed by atoms with E-state index in [4.69, 9.17) is 5.73 Å². The van der Waals surface area contributed by atoms with E-state index in [1.54, 1.807) is 32.9 Å². The van der Waals surface area contributed by atoms with E-state index in [0.29, 0.717) is 11.3 Å². The molecule has 1 aliphatic rings. The summed E-state index contributed by atoms with van der Waals surface area (Å²) in [7, 11) is -3.55. The van der Waals surface area contributed by atoms with Gasteiger partial charge in [-0.2, -0.15) is 0 Å². The van der Waals surface area contributed by atoms with Crippen molar-refractivity contribution >= 4 is 21.6 Å². The van der Waals surface area contributed by atoms with Gasteiger partial charge in [-0.15, -0.1) is 0 Å². The third-order valence-corrected chi connectivity index (χ3v) is 5.51. The molecule has 1 amide bonds. The fourth-order valence-electron chi connectivity index (χ4n) is 1.95. The first-order chi connectivity index (χ1) is 10.2. The molecule has 7 heteroatoms. The second-order valence-electron chi connectivity index (χ2n) is 6.01. The van der Waals surface area contributed by atoms with Gasteiger partial charge in [0.25, 0.3) is 0 Å². The normalized spacial score (nSPS) is 17.8. The molecule has 122 valence electrons. The van der Waals surface area contributed by atoms with Gasteiger partial charge in [0.2, 0.25) is 15.9 Å². The largest absolute Gasteiger partial charge is 0.327 e. The molecule has 2 rings (SSSR count). The Kier molecular flexibility index (Phi) is 4.89. The maximum Gasteiger partial charge on any atom is 0.241 e. The Bertz CT molecular complexity index is 667. The molecule has 1 fully saturated rings. The van der Waals surface area contributed by atoms with Gasteiger partial charge in [0.05, 0.1) is 10.8 Å². The van der Waals surface area contributed by atoms with Gasteiger partial charge in [-0.1, -0.05) is 13.0 Å². The fourth-order valence-corrected chi connectivity index (χ4v) is 3.52. The van der Waals surface area contributed by atoms with Gasteiger partial charge >= 0.3 is 0 Å². The highest BCUT2D eigenvalue weighted by Crippen LogP contribution is 2.25. The predicted octanol–water partition coefficient (Wildman–Crippen LogP) is 1.36. The molecule has 0 spiro atoms. The maximum atomic E-state index is 12.3. The van der Waals surface area contributed by atoms with Crippen molar-refractivity contribution in [1.29, 1.82) is 0 Å². The van der Waals surface area contributed by atoms with Crippen molar-refractivity contribution in [2.75, 3.05) is 5.32 Å². The van der Waals surface area contributed by atoms with Crippen LogP contribution in [0.15, 0.2) is 23.1 Å². The summed E-state index contributed by atoms with van der Waals surface area (Å²) in [5.41, 5.74) is 6.81. The van der Waals surface area contributed by atoms with Gasteiger partial charge in [-0.05, 0) is 44.4 Å². The third-order valence-electron chi connectivity index (χ3n) is 3.85. The lowest BCUT2D eigenvalue weighted by Crippen LogP contribution is -2.34. The first-order valence-corrected chi connectivity index (χ1v) is 8.88. The second-order valence-corrected chi connectivity index (χ2v) is 7.70. The van der Waals surface area contributed by atoms with E-state index >= 15 is 0 Å². The molecule has 22 heavy (non-hydrogen) atoms. The smallest absolute Gasteiger partial charge is 0.241 e. The molecule has 1 aromatic carbocycles. The van der Waals surface area contributed by atoms with E-state index in [2.05, 4.69) is 10.0 Å². The van der Waals surface area contributed by atoms with Crippen molar-refractivity contribution < 1.29 is 13.2 Å². The molecule has 0 bridgehead atoms. The summed E-state index contributed by atoms with van der Waals surface area (Å²) in [6, 6.07) is 4.64. The highest BCUT2D eigenvalue weighted by Gasteiger charge is 2.29. The van der Waals surface area contributed by atoms with Crippen LogP contribution in [0.2, 0.25) is 0 Å². The quantitative estimate of drug-likeness (QED) is 0.735. The summed E-state index contributed by atoms with van der Waals surface area (Å²) in [5, 5.41) is 2.72. The summed E-state index contributed by atoms with van der Waals surface area (Å²) in [6.45, 7) is 5.23. The molecule has 0 saturated heterocycles. The van der Waals surface area contributed by atoms with Crippen molar-refractivity contribution in [2.45, 2.75) is 50.6 Å². The number of hydrogen-bond acceptors (Lipinski definition) is 4. The van der Waals surface area contributed by atoms with Crippen molar-refractivity contribution in [2.24, 2.45) is 11.7 Å². The zero-order valence-electron chi connectivity index (χ0n) is 13.1. The molecular weight excluding hydrogens is 302 g/mol. The summed E-state index contributed by atoms with van der Waals surface area (Å²) in [5.74, 6) is -0.580. The van der Waals surface area contributed by atoms with Crippen LogP contribution >= 0.6 is 0 Å². The summed E-state index contributed by atoms with van der Waals surface area (Å²) in [4.78, 5) is 12.2. The summed E-state index contributed by atoms with van der Waals surface area (Å²) in [6.07, 6.45) is 1.75. The highest BCUT2D eigenvalue weighted by atomic mass is 32.2. The molecule has 1 aromatic rings. The number of nitrogens with one attached hydrogen (secondary N) is 2. The molecule has 0 heterocycles. The van der Waals surface area contributed by atoms with Crippen LogP contribution in [0.3, 0.4) is 0 Å². The summed E-state index contributed by atoms with van der Waals surface area (Å²) >= 11 is 0. The van der Waals surface area contributed by atoms with Crippen LogP contribution in [0, 0.1) is 12.8 Å². The van der Waals surface area contributed by atoms with Crippen LogP contribution < -0.4 is 15.8 Å². The van der Waals surface area contributed by atoms with E-state index in [-0.39, 0.29) is 28.8 Å². The van der Waals surface area contributed by atoms with Crippen LogP contribution in [0.25, 0.3) is 0 Å². The molecular formula is C15H23N3O3S. The minimum atomic E-state index is -3.55. The number of carbonyl (C=O) groups excluding carboxylic acids is 1. The van der Waals surface area contributed by atoms with Crippen LogP contribution in [0.1, 0.15) is 32.3 Å². The number of amides is 1. The number of hydrogen-bond donors (Lipinski definition) is 3. The first kappa shape index (κ1) is 16.9. The Balaban J connectivity index is 2.21. The van der Waals surface area contributed by atoms with Gasteiger partial charge in [-0.3, -0.25) is 4.79 Å². The number of anilines is 1. The number of aryl methyl sites for hydroxylation is 1. The zero-order chi connectivity index (χ0) is 16.5. The molecule has 1 saturated carbocycles. The number of sulfonamides is 1. The first-order valence-electron chi connectivity index (χ1n) is 7.40. The molecule has 0 aromatic heterocycles. The lowest BCUT2D eigenvalue weighted by Gasteiger charge is -2.16. The fraction of sp³-hybridized carbons (Fsp3) is 0.533. The Labute approximate surface area is 131 Å². The number of benzene rings is 1. The Hall–Kier alpha value is -1.44.